The van der Waals surface area contributed by atoms with Crippen molar-refractivity contribution in [1.82, 2.24) is 10.9 Å². The summed E-state index contributed by atoms with van der Waals surface area (Å²) in [4.78, 5) is 23.3. The summed E-state index contributed by atoms with van der Waals surface area (Å²) in [6.45, 7) is 0.149. The molecule has 0 atom stereocenters. The zero-order chi connectivity index (χ0) is 13.5. The molecule has 0 bridgehead atoms. The van der Waals surface area contributed by atoms with E-state index < -0.39 is 0 Å². The zero-order valence-corrected chi connectivity index (χ0v) is 11.4. The van der Waals surface area contributed by atoms with Crippen molar-refractivity contribution < 1.29 is 26.6 Å². The molecule has 5 nitrogen and oxygen atoms in total. The fourth-order valence-electron chi connectivity index (χ4n) is 1.53. The minimum Gasteiger partial charge on any atom is -1.00 e. The van der Waals surface area contributed by atoms with Gasteiger partial charge >= 0.3 is 5.91 Å². The van der Waals surface area contributed by atoms with Gasteiger partial charge in [0.05, 0.1) is 0 Å². The minimum absolute atomic E-state index is 0. The van der Waals surface area contributed by atoms with Gasteiger partial charge in [-0.1, -0.05) is 24.3 Å². The molecule has 0 saturated heterocycles. The number of benzene rings is 1. The Morgan fingerprint density at radius 3 is 2.15 bits per heavy atom. The third-order valence-corrected chi connectivity index (χ3v) is 2.45. The molecule has 0 aliphatic carbocycles. The lowest BCUT2D eigenvalue weighted by Gasteiger charge is -2.05. The van der Waals surface area contributed by atoms with Crippen LogP contribution in [-0.4, -0.2) is 11.8 Å². The molecule has 2 amide bonds. The fourth-order valence-corrected chi connectivity index (χ4v) is 1.53. The number of carbonyl (C=O) groups is 2. The van der Waals surface area contributed by atoms with E-state index in [2.05, 4.69) is 10.9 Å². The summed E-state index contributed by atoms with van der Waals surface area (Å²) in [5.41, 5.74) is 5.23. The number of nitrogens with zero attached hydrogens (tertiary/aromatic N) is 1. The van der Waals surface area contributed by atoms with E-state index in [-0.39, 0.29) is 30.8 Å². The number of nitrogens with one attached hydrogen (secondary N) is 2. The first-order valence-corrected chi connectivity index (χ1v) is 5.84. The van der Waals surface area contributed by atoms with Gasteiger partial charge in [0.1, 0.15) is 0 Å². The quantitative estimate of drug-likeness (QED) is 0.483. The maximum absolute atomic E-state index is 11.7. The fraction of sp³-hybridized carbons (Fsp3) is 0.0714. The molecule has 104 valence electrons. The summed E-state index contributed by atoms with van der Waals surface area (Å²) in [7, 11) is 0. The number of rotatable bonds is 3. The van der Waals surface area contributed by atoms with Gasteiger partial charge in [-0.15, -0.1) is 0 Å². The molecule has 1 aromatic heterocycles. The van der Waals surface area contributed by atoms with Gasteiger partial charge in [0.25, 0.3) is 5.91 Å². The average Bonchev–Trinajstić information content (AvgIpc) is 2.47. The van der Waals surface area contributed by atoms with Gasteiger partial charge in [-0.2, -0.15) is 4.57 Å². The minimum atomic E-state index is -0.341. The first kappa shape index (κ1) is 15.7. The first-order chi connectivity index (χ1) is 9.25. The number of aromatic nitrogens is 1. The van der Waals surface area contributed by atoms with Crippen LogP contribution in [0.15, 0.2) is 60.9 Å². The van der Waals surface area contributed by atoms with Crippen LogP contribution in [0.5, 0.6) is 0 Å². The van der Waals surface area contributed by atoms with Crippen LogP contribution in [0.3, 0.4) is 0 Å². The van der Waals surface area contributed by atoms with Crippen LogP contribution in [0.4, 0.5) is 0 Å². The van der Waals surface area contributed by atoms with Gasteiger partial charge in [0.15, 0.2) is 12.4 Å². The van der Waals surface area contributed by atoms with Gasteiger partial charge in [-0.25, -0.2) is 0 Å². The summed E-state index contributed by atoms with van der Waals surface area (Å²) in [6.07, 6.45) is 3.55. The highest BCUT2D eigenvalue weighted by atomic mass is 35.5. The predicted octanol–water partition coefficient (Wildman–Crippen LogP) is -2.56. The van der Waals surface area contributed by atoms with Crippen molar-refractivity contribution in [1.29, 1.82) is 0 Å². The van der Waals surface area contributed by atoms with E-state index in [1.807, 2.05) is 24.3 Å². The highest BCUT2D eigenvalue weighted by Gasteiger charge is 2.10. The monoisotopic (exact) mass is 291 g/mol. The van der Waals surface area contributed by atoms with Crippen molar-refractivity contribution in [3.63, 3.8) is 0 Å². The third-order valence-electron chi connectivity index (χ3n) is 2.45. The molecule has 0 unspecified atom stereocenters. The lowest BCUT2D eigenvalue weighted by atomic mass is 10.2. The van der Waals surface area contributed by atoms with E-state index in [9.17, 15) is 9.59 Å². The molecule has 1 heterocycles. The van der Waals surface area contributed by atoms with Crippen LogP contribution in [0, 0.1) is 0 Å². The predicted molar refractivity (Wildman–Crippen MR) is 68.7 cm³/mol. The lowest BCUT2D eigenvalue weighted by Crippen LogP contribution is -3.00. The number of hydrogen-bond donors (Lipinski definition) is 2. The lowest BCUT2D eigenvalue weighted by molar-refractivity contribution is -0.684. The summed E-state index contributed by atoms with van der Waals surface area (Å²) >= 11 is 0. The van der Waals surface area contributed by atoms with E-state index in [0.717, 1.165) is 0 Å². The van der Waals surface area contributed by atoms with Crippen LogP contribution in [0.25, 0.3) is 0 Å². The largest absolute Gasteiger partial charge is 1.00 e. The summed E-state index contributed by atoms with van der Waals surface area (Å²) in [5.74, 6) is -0.632. The highest BCUT2D eigenvalue weighted by Crippen LogP contribution is 1.96. The first-order valence-electron chi connectivity index (χ1n) is 5.84. The second-order valence-electron chi connectivity index (χ2n) is 3.92. The molecule has 0 aliphatic heterocycles. The van der Waals surface area contributed by atoms with Crippen molar-refractivity contribution in [2.24, 2.45) is 0 Å². The average molecular weight is 292 g/mol. The number of hydrogen-bond acceptors (Lipinski definition) is 2. The van der Waals surface area contributed by atoms with Crippen LogP contribution >= 0.6 is 0 Å². The Morgan fingerprint density at radius 2 is 1.50 bits per heavy atom. The van der Waals surface area contributed by atoms with Gasteiger partial charge < -0.3 is 12.4 Å². The van der Waals surface area contributed by atoms with Crippen molar-refractivity contribution in [2.75, 3.05) is 0 Å². The Morgan fingerprint density at radius 1 is 0.900 bits per heavy atom. The molecule has 0 aliphatic rings. The van der Waals surface area contributed by atoms with Crippen LogP contribution in [0.2, 0.25) is 0 Å². The Bertz CT molecular complexity index is 561. The van der Waals surface area contributed by atoms with Crippen LogP contribution < -0.4 is 27.8 Å². The number of carbonyl (C=O) groups excluding carboxylic acids is 2. The molecule has 20 heavy (non-hydrogen) atoms. The zero-order valence-electron chi connectivity index (χ0n) is 10.6. The number of amides is 2. The summed E-state index contributed by atoms with van der Waals surface area (Å²) in [6, 6.07) is 14.2. The molecule has 0 saturated carbocycles. The number of hydrazine groups is 1. The SMILES string of the molecule is O=C(C[n+]1ccccc1)NNC(=O)c1ccccc1.[Cl-]. The van der Waals surface area contributed by atoms with Gasteiger partial charge in [0.2, 0.25) is 6.54 Å². The molecular formula is C14H14ClN3O2. The Balaban J connectivity index is 0.00000200. The van der Waals surface area contributed by atoms with Crippen molar-refractivity contribution >= 4 is 11.8 Å². The normalized spacial score (nSPS) is 9.20. The third kappa shape index (κ3) is 4.70. The molecule has 0 spiro atoms. The van der Waals surface area contributed by atoms with Gasteiger partial charge in [0, 0.05) is 17.7 Å². The summed E-state index contributed by atoms with van der Waals surface area (Å²) in [5, 5.41) is 0. The molecule has 0 radical (unpaired) electrons. The van der Waals surface area contributed by atoms with Gasteiger partial charge in [-0.3, -0.25) is 20.4 Å². The molecule has 0 fully saturated rings. The number of halogens is 1. The Labute approximate surface area is 123 Å². The Kier molecular flexibility index (Phi) is 6.19. The van der Waals surface area contributed by atoms with Crippen molar-refractivity contribution in [3.8, 4) is 0 Å². The number of pyridine rings is 1. The topological polar surface area (TPSA) is 62.1 Å². The molecule has 2 rings (SSSR count). The summed E-state index contributed by atoms with van der Waals surface area (Å²) < 4.78 is 1.71. The maximum Gasteiger partial charge on any atom is 0.304 e. The van der Waals surface area contributed by atoms with Crippen LogP contribution in [-0.2, 0) is 11.3 Å². The molecule has 6 heteroatoms. The molecular weight excluding hydrogens is 278 g/mol. The Hall–Kier alpha value is -2.40. The van der Waals surface area contributed by atoms with Crippen molar-refractivity contribution in [2.45, 2.75) is 6.54 Å². The van der Waals surface area contributed by atoms with E-state index in [1.165, 1.54) is 0 Å². The molecule has 2 N–H and O–H groups in total. The van der Waals surface area contributed by atoms with E-state index in [1.54, 1.807) is 41.2 Å². The van der Waals surface area contributed by atoms with Crippen molar-refractivity contribution in [3.05, 3.63) is 66.5 Å². The van der Waals surface area contributed by atoms with Gasteiger partial charge in [-0.05, 0) is 12.1 Å². The van der Waals surface area contributed by atoms with E-state index in [4.69, 9.17) is 0 Å². The van der Waals surface area contributed by atoms with E-state index >= 15 is 0 Å². The standard InChI is InChI=1S/C14H13N3O2.ClH/c18-13(11-17-9-5-2-6-10-17)15-16-14(19)12-7-3-1-4-8-12;/h1-10H,11H2,(H-,15,16,18,19);1H. The second kappa shape index (κ2) is 7.91. The maximum atomic E-state index is 11.7. The smallest absolute Gasteiger partial charge is 0.304 e. The molecule has 2 aromatic rings. The highest BCUT2D eigenvalue weighted by molar-refractivity contribution is 5.95. The van der Waals surface area contributed by atoms with Crippen LogP contribution in [0.1, 0.15) is 10.4 Å². The molecule has 1 aromatic carbocycles. The van der Waals surface area contributed by atoms with E-state index in [0.29, 0.717) is 5.56 Å². The second-order valence-corrected chi connectivity index (χ2v) is 3.92.